The molecular weight excluding hydrogens is 324 g/mol. The fourth-order valence-corrected chi connectivity index (χ4v) is 3.05. The van der Waals surface area contributed by atoms with Crippen molar-refractivity contribution in [2.75, 3.05) is 0 Å². The summed E-state index contributed by atoms with van der Waals surface area (Å²) in [6.07, 6.45) is 9.34. The molecule has 4 nitrogen and oxygen atoms in total. The van der Waals surface area contributed by atoms with Gasteiger partial charge >= 0.3 is 0 Å². The molecule has 1 amide bonds. The van der Waals surface area contributed by atoms with Crippen molar-refractivity contribution in [1.82, 2.24) is 5.32 Å². The second-order valence-corrected chi connectivity index (χ2v) is 7.99. The van der Waals surface area contributed by atoms with Crippen molar-refractivity contribution in [3.05, 3.63) is 35.6 Å². The Kier molecular flexibility index (Phi) is 9.00. The van der Waals surface area contributed by atoms with E-state index in [1.54, 1.807) is 0 Å². The number of rotatable bonds is 7. The molecule has 1 atom stereocenters. The quantitative estimate of drug-likeness (QED) is 0.372. The molecule has 0 saturated carbocycles. The molecule has 26 heavy (non-hydrogen) atoms. The van der Waals surface area contributed by atoms with Gasteiger partial charge in [0.05, 0.1) is 23.8 Å². The molecule has 1 N–H and O–H groups in total. The Labute approximate surface area is 159 Å². The van der Waals surface area contributed by atoms with Gasteiger partial charge in [-0.2, -0.15) is 0 Å². The van der Waals surface area contributed by atoms with Crippen LogP contribution in [0, 0.1) is 0 Å². The predicted octanol–water partition coefficient (Wildman–Crippen LogP) is 5.47. The average molecular weight is 361 g/mol. The molecule has 0 aromatic rings. The van der Waals surface area contributed by atoms with E-state index in [-0.39, 0.29) is 17.6 Å². The Morgan fingerprint density at radius 3 is 2.58 bits per heavy atom. The number of nitrogens with one attached hydrogen (secondary N) is 1. The average Bonchev–Trinajstić information content (AvgIpc) is 2.50. The number of amides is 1. The van der Waals surface area contributed by atoms with Gasteiger partial charge in [-0.25, -0.2) is 4.99 Å². The van der Waals surface area contributed by atoms with Crippen molar-refractivity contribution in [1.29, 1.82) is 0 Å². The highest BCUT2D eigenvalue weighted by atomic mass is 16.5. The summed E-state index contributed by atoms with van der Waals surface area (Å²) in [6.45, 7) is 16.3. The fourth-order valence-electron chi connectivity index (χ4n) is 3.05. The number of hydrogen-bond donors (Lipinski definition) is 1. The monoisotopic (exact) mass is 360 g/mol. The summed E-state index contributed by atoms with van der Waals surface area (Å²) in [5.74, 6) is 0.548. The molecule has 4 heteroatoms. The number of carbonyl (C=O) groups excluding carboxylic acids is 1. The van der Waals surface area contributed by atoms with Gasteiger partial charge in [0.25, 0.3) is 0 Å². The molecule has 1 aliphatic heterocycles. The van der Waals surface area contributed by atoms with Gasteiger partial charge in [0.2, 0.25) is 5.91 Å². The van der Waals surface area contributed by atoms with Gasteiger partial charge < -0.3 is 10.1 Å². The van der Waals surface area contributed by atoms with Crippen LogP contribution in [0.25, 0.3) is 0 Å². The predicted molar refractivity (Wildman–Crippen MR) is 110 cm³/mol. The van der Waals surface area contributed by atoms with Gasteiger partial charge in [-0.05, 0) is 72.0 Å². The lowest BCUT2D eigenvalue weighted by atomic mass is 9.94. The molecular formula is C22H36N2O2. The summed E-state index contributed by atoms with van der Waals surface area (Å²) < 4.78 is 6.01. The molecule has 0 aromatic heterocycles. The molecule has 1 fully saturated rings. The fraction of sp³-hybridized carbons (Fsp3) is 0.636. The standard InChI is InChI=1S/C22H36N2O2/c1-8-10-17(4)20(13-12-16(2)3)23-18(5)24-21(25)15-19-11-9-14-22(6,7)26-19/h12-13,19H,4,8-11,14-15H2,1-3,5-7H3,(H,23,24,25)/b20-13+. The maximum atomic E-state index is 12.4. The van der Waals surface area contributed by atoms with E-state index in [9.17, 15) is 4.79 Å². The van der Waals surface area contributed by atoms with Gasteiger partial charge in [0, 0.05) is 0 Å². The Morgan fingerprint density at radius 1 is 1.31 bits per heavy atom. The molecule has 0 aliphatic carbocycles. The summed E-state index contributed by atoms with van der Waals surface area (Å²) >= 11 is 0. The Balaban J connectivity index is 2.73. The van der Waals surface area contributed by atoms with Crippen LogP contribution in [0.5, 0.6) is 0 Å². The SMILES string of the molecule is C=C(CCC)/C(=C\C=C(C)C)N=C(C)NC(=O)CC1CCCC(C)(C)O1. The van der Waals surface area contributed by atoms with E-state index < -0.39 is 0 Å². The lowest BCUT2D eigenvalue weighted by molar-refractivity contribution is -0.134. The molecule has 1 rings (SSSR count). The van der Waals surface area contributed by atoms with E-state index in [0.29, 0.717) is 12.3 Å². The number of amidine groups is 1. The second-order valence-electron chi connectivity index (χ2n) is 7.99. The van der Waals surface area contributed by atoms with Gasteiger partial charge in [-0.15, -0.1) is 0 Å². The van der Waals surface area contributed by atoms with E-state index in [1.165, 1.54) is 5.57 Å². The van der Waals surface area contributed by atoms with Crippen molar-refractivity contribution >= 4 is 11.7 Å². The van der Waals surface area contributed by atoms with Crippen LogP contribution in [0.15, 0.2) is 40.6 Å². The largest absolute Gasteiger partial charge is 0.372 e. The maximum Gasteiger partial charge on any atom is 0.227 e. The van der Waals surface area contributed by atoms with E-state index >= 15 is 0 Å². The van der Waals surface area contributed by atoms with E-state index in [4.69, 9.17) is 4.74 Å². The molecule has 0 radical (unpaired) electrons. The number of aliphatic imine (C=N–C) groups is 1. The topological polar surface area (TPSA) is 50.7 Å². The molecule has 1 heterocycles. The molecule has 1 saturated heterocycles. The Bertz CT molecular complexity index is 593. The first-order valence-corrected chi connectivity index (χ1v) is 9.69. The Morgan fingerprint density at radius 2 is 2.00 bits per heavy atom. The maximum absolute atomic E-state index is 12.4. The molecule has 1 unspecified atom stereocenters. The van der Waals surface area contributed by atoms with Crippen LogP contribution in [0.4, 0.5) is 0 Å². The summed E-state index contributed by atoms with van der Waals surface area (Å²) in [6, 6.07) is 0. The third kappa shape index (κ3) is 8.61. The zero-order valence-corrected chi connectivity index (χ0v) is 17.4. The summed E-state index contributed by atoms with van der Waals surface area (Å²) in [4.78, 5) is 16.9. The summed E-state index contributed by atoms with van der Waals surface area (Å²) in [5, 5.41) is 2.90. The lowest BCUT2D eigenvalue weighted by Gasteiger charge is -2.35. The zero-order chi connectivity index (χ0) is 19.7. The van der Waals surface area contributed by atoms with Crippen LogP contribution in [-0.4, -0.2) is 23.4 Å². The van der Waals surface area contributed by atoms with Crippen molar-refractivity contribution in [2.45, 2.75) is 91.8 Å². The highest BCUT2D eigenvalue weighted by Crippen LogP contribution is 2.29. The highest BCUT2D eigenvalue weighted by molar-refractivity contribution is 5.97. The molecule has 0 aromatic carbocycles. The van der Waals surface area contributed by atoms with Gasteiger partial charge in [-0.3, -0.25) is 4.79 Å². The van der Waals surface area contributed by atoms with Crippen LogP contribution in [0.1, 0.15) is 80.1 Å². The molecule has 1 aliphatic rings. The molecule has 0 bridgehead atoms. The van der Waals surface area contributed by atoms with Crippen molar-refractivity contribution < 1.29 is 9.53 Å². The third-order valence-corrected chi connectivity index (χ3v) is 4.30. The minimum Gasteiger partial charge on any atom is -0.372 e. The minimum absolute atomic E-state index is 0.0118. The van der Waals surface area contributed by atoms with Crippen LogP contribution >= 0.6 is 0 Å². The first-order valence-electron chi connectivity index (χ1n) is 9.69. The second kappa shape index (κ2) is 10.5. The first kappa shape index (κ1) is 22.4. The number of nitrogens with zero attached hydrogens (tertiary/aromatic N) is 1. The van der Waals surface area contributed by atoms with Gasteiger partial charge in [0.1, 0.15) is 5.84 Å². The zero-order valence-electron chi connectivity index (χ0n) is 17.4. The first-order chi connectivity index (χ1) is 12.1. The van der Waals surface area contributed by atoms with Crippen molar-refractivity contribution in [2.24, 2.45) is 4.99 Å². The lowest BCUT2D eigenvalue weighted by Crippen LogP contribution is -2.39. The Hall–Kier alpha value is -1.68. The third-order valence-electron chi connectivity index (χ3n) is 4.30. The normalized spacial score (nSPS) is 20.5. The van der Waals surface area contributed by atoms with E-state index in [2.05, 4.69) is 37.7 Å². The molecule has 146 valence electrons. The number of carbonyl (C=O) groups is 1. The van der Waals surface area contributed by atoms with Crippen LogP contribution < -0.4 is 5.32 Å². The van der Waals surface area contributed by atoms with Crippen LogP contribution in [0.2, 0.25) is 0 Å². The van der Waals surface area contributed by atoms with Crippen molar-refractivity contribution in [3.8, 4) is 0 Å². The number of hydrogen-bond acceptors (Lipinski definition) is 3. The van der Waals surface area contributed by atoms with Crippen LogP contribution in [-0.2, 0) is 9.53 Å². The van der Waals surface area contributed by atoms with Crippen LogP contribution in [0.3, 0.4) is 0 Å². The van der Waals surface area contributed by atoms with Gasteiger partial charge in [-0.1, -0.05) is 31.6 Å². The van der Waals surface area contributed by atoms with E-state index in [0.717, 1.165) is 43.4 Å². The molecule has 0 spiro atoms. The summed E-state index contributed by atoms with van der Waals surface area (Å²) in [5.41, 5.74) is 2.86. The minimum atomic E-state index is -0.134. The van der Waals surface area contributed by atoms with Gasteiger partial charge in [0.15, 0.2) is 0 Å². The summed E-state index contributed by atoms with van der Waals surface area (Å²) in [7, 11) is 0. The highest BCUT2D eigenvalue weighted by Gasteiger charge is 2.29. The van der Waals surface area contributed by atoms with Crippen molar-refractivity contribution in [3.63, 3.8) is 0 Å². The smallest absolute Gasteiger partial charge is 0.227 e. The number of ether oxygens (including phenoxy) is 1. The van der Waals surface area contributed by atoms with E-state index in [1.807, 2.05) is 32.9 Å². The number of allylic oxidation sites excluding steroid dienone is 4.